The van der Waals surface area contributed by atoms with Crippen molar-refractivity contribution in [3.05, 3.63) is 65.5 Å². The first kappa shape index (κ1) is 11.0. The summed E-state index contributed by atoms with van der Waals surface area (Å²) in [4.78, 5) is 4.44. The number of rotatable bonds is 2. The molecule has 3 aromatic rings. The molecule has 0 fully saturated rings. The van der Waals surface area contributed by atoms with E-state index in [1.165, 1.54) is 0 Å². The number of fused-ring (bicyclic) bond motifs is 1. The first-order valence-electron chi connectivity index (χ1n) is 5.91. The lowest BCUT2D eigenvalue weighted by Crippen LogP contribution is -2.11. The molecule has 2 N–H and O–H groups in total. The van der Waals surface area contributed by atoms with Crippen molar-refractivity contribution < 1.29 is 4.42 Å². The molecule has 0 amide bonds. The Hall–Kier alpha value is -2.13. The average Bonchev–Trinajstić information content (AvgIpc) is 2.81. The first-order chi connectivity index (χ1) is 8.74. The van der Waals surface area contributed by atoms with E-state index in [1.54, 1.807) is 0 Å². The third-order valence-corrected chi connectivity index (χ3v) is 2.99. The predicted octanol–water partition coefficient (Wildman–Crippen LogP) is 3.18. The van der Waals surface area contributed by atoms with Crippen LogP contribution in [0.25, 0.3) is 11.1 Å². The maximum absolute atomic E-state index is 6.16. The Bertz CT molecular complexity index is 673. The molecular formula is C15H14N2O. The summed E-state index contributed by atoms with van der Waals surface area (Å²) in [5.41, 5.74) is 9.95. The van der Waals surface area contributed by atoms with Crippen LogP contribution in [-0.4, -0.2) is 4.98 Å². The highest BCUT2D eigenvalue weighted by molar-refractivity contribution is 5.73. The van der Waals surface area contributed by atoms with Gasteiger partial charge in [0.05, 0.1) is 0 Å². The number of oxazole rings is 1. The SMILES string of the molecule is Cc1ccc2nc(C(N)c3ccccc3)oc2c1. The molecule has 0 aliphatic carbocycles. The van der Waals surface area contributed by atoms with Crippen LogP contribution in [0.15, 0.2) is 52.9 Å². The molecule has 1 atom stereocenters. The van der Waals surface area contributed by atoms with Gasteiger partial charge in [0.15, 0.2) is 5.58 Å². The van der Waals surface area contributed by atoms with Crippen molar-refractivity contribution in [3.63, 3.8) is 0 Å². The maximum atomic E-state index is 6.16. The largest absolute Gasteiger partial charge is 0.439 e. The van der Waals surface area contributed by atoms with Crippen LogP contribution >= 0.6 is 0 Å². The Balaban J connectivity index is 2.04. The minimum absolute atomic E-state index is 0.320. The van der Waals surface area contributed by atoms with Crippen LogP contribution in [0.4, 0.5) is 0 Å². The molecule has 1 aromatic heterocycles. The highest BCUT2D eigenvalue weighted by Crippen LogP contribution is 2.23. The maximum Gasteiger partial charge on any atom is 0.217 e. The van der Waals surface area contributed by atoms with Gasteiger partial charge >= 0.3 is 0 Å². The van der Waals surface area contributed by atoms with Gasteiger partial charge in [-0.25, -0.2) is 4.98 Å². The minimum atomic E-state index is -0.320. The van der Waals surface area contributed by atoms with Gasteiger partial charge in [0.1, 0.15) is 11.6 Å². The molecule has 1 heterocycles. The van der Waals surface area contributed by atoms with Crippen molar-refractivity contribution in [2.45, 2.75) is 13.0 Å². The first-order valence-corrected chi connectivity index (χ1v) is 5.91. The summed E-state index contributed by atoms with van der Waals surface area (Å²) >= 11 is 0. The Kier molecular flexibility index (Phi) is 2.61. The van der Waals surface area contributed by atoms with Crippen LogP contribution in [0.2, 0.25) is 0 Å². The number of aryl methyl sites for hydroxylation is 1. The van der Waals surface area contributed by atoms with Crippen molar-refractivity contribution in [1.29, 1.82) is 0 Å². The zero-order valence-corrected chi connectivity index (χ0v) is 10.1. The lowest BCUT2D eigenvalue weighted by atomic mass is 10.1. The third kappa shape index (κ3) is 1.89. The number of nitrogens with zero attached hydrogens (tertiary/aromatic N) is 1. The molecule has 0 spiro atoms. The van der Waals surface area contributed by atoms with E-state index in [0.29, 0.717) is 5.89 Å². The van der Waals surface area contributed by atoms with E-state index in [-0.39, 0.29) is 6.04 Å². The molecular weight excluding hydrogens is 224 g/mol. The van der Waals surface area contributed by atoms with E-state index >= 15 is 0 Å². The van der Waals surface area contributed by atoms with Crippen LogP contribution < -0.4 is 5.73 Å². The Morgan fingerprint density at radius 1 is 1.11 bits per heavy atom. The molecule has 3 heteroatoms. The molecule has 3 rings (SSSR count). The molecule has 0 aliphatic rings. The molecule has 2 aromatic carbocycles. The molecule has 0 bridgehead atoms. The Morgan fingerprint density at radius 2 is 1.89 bits per heavy atom. The highest BCUT2D eigenvalue weighted by Gasteiger charge is 2.15. The average molecular weight is 238 g/mol. The fourth-order valence-corrected chi connectivity index (χ4v) is 1.99. The summed E-state index contributed by atoms with van der Waals surface area (Å²) < 4.78 is 5.73. The highest BCUT2D eigenvalue weighted by atomic mass is 16.3. The Labute approximate surface area is 105 Å². The second kappa shape index (κ2) is 4.27. The third-order valence-electron chi connectivity index (χ3n) is 2.99. The van der Waals surface area contributed by atoms with Gasteiger partial charge in [-0.1, -0.05) is 36.4 Å². The van der Waals surface area contributed by atoms with Crippen molar-refractivity contribution in [3.8, 4) is 0 Å². The summed E-state index contributed by atoms with van der Waals surface area (Å²) in [7, 11) is 0. The fraction of sp³-hybridized carbons (Fsp3) is 0.133. The van der Waals surface area contributed by atoms with E-state index in [9.17, 15) is 0 Å². The number of hydrogen-bond acceptors (Lipinski definition) is 3. The van der Waals surface area contributed by atoms with Crippen molar-refractivity contribution in [1.82, 2.24) is 4.98 Å². The molecule has 3 nitrogen and oxygen atoms in total. The Morgan fingerprint density at radius 3 is 2.67 bits per heavy atom. The van der Waals surface area contributed by atoms with Gasteiger partial charge in [-0.15, -0.1) is 0 Å². The summed E-state index contributed by atoms with van der Waals surface area (Å²) in [6.45, 7) is 2.03. The fourth-order valence-electron chi connectivity index (χ4n) is 1.99. The van der Waals surface area contributed by atoms with Gasteiger partial charge < -0.3 is 10.2 Å². The van der Waals surface area contributed by atoms with Crippen LogP contribution in [-0.2, 0) is 0 Å². The van der Waals surface area contributed by atoms with Gasteiger partial charge in [0.25, 0.3) is 0 Å². The lowest BCUT2D eigenvalue weighted by molar-refractivity contribution is 0.505. The van der Waals surface area contributed by atoms with Gasteiger partial charge in [0.2, 0.25) is 5.89 Å². The van der Waals surface area contributed by atoms with E-state index in [2.05, 4.69) is 4.98 Å². The van der Waals surface area contributed by atoms with Crippen molar-refractivity contribution in [2.75, 3.05) is 0 Å². The molecule has 0 saturated carbocycles. The van der Waals surface area contributed by atoms with E-state index < -0.39 is 0 Å². The van der Waals surface area contributed by atoms with E-state index in [1.807, 2.05) is 55.5 Å². The minimum Gasteiger partial charge on any atom is -0.439 e. The van der Waals surface area contributed by atoms with Crippen molar-refractivity contribution in [2.24, 2.45) is 5.73 Å². The van der Waals surface area contributed by atoms with Gasteiger partial charge in [-0.2, -0.15) is 0 Å². The number of benzene rings is 2. The predicted molar refractivity (Wildman–Crippen MR) is 71.2 cm³/mol. The topological polar surface area (TPSA) is 52.0 Å². The summed E-state index contributed by atoms with van der Waals surface area (Å²) in [5.74, 6) is 0.557. The number of aromatic nitrogens is 1. The monoisotopic (exact) mass is 238 g/mol. The molecule has 0 radical (unpaired) electrons. The quantitative estimate of drug-likeness (QED) is 0.746. The van der Waals surface area contributed by atoms with E-state index in [4.69, 9.17) is 10.2 Å². The van der Waals surface area contributed by atoms with Crippen molar-refractivity contribution >= 4 is 11.1 Å². The molecule has 90 valence electrons. The lowest BCUT2D eigenvalue weighted by Gasteiger charge is -2.06. The summed E-state index contributed by atoms with van der Waals surface area (Å²) in [5, 5.41) is 0. The number of nitrogens with two attached hydrogens (primary N) is 1. The summed E-state index contributed by atoms with van der Waals surface area (Å²) in [6.07, 6.45) is 0. The van der Waals surface area contributed by atoms with Crippen LogP contribution in [0.1, 0.15) is 23.1 Å². The standard InChI is InChI=1S/C15H14N2O/c1-10-7-8-12-13(9-10)18-15(17-12)14(16)11-5-3-2-4-6-11/h2-9,14H,16H2,1H3. The van der Waals surface area contributed by atoms with Crippen LogP contribution in [0.5, 0.6) is 0 Å². The van der Waals surface area contributed by atoms with Crippen LogP contribution in [0.3, 0.4) is 0 Å². The molecule has 18 heavy (non-hydrogen) atoms. The molecule has 1 unspecified atom stereocenters. The smallest absolute Gasteiger partial charge is 0.217 e. The zero-order valence-electron chi connectivity index (χ0n) is 10.1. The number of hydrogen-bond donors (Lipinski definition) is 1. The molecule has 0 aliphatic heterocycles. The van der Waals surface area contributed by atoms with Gasteiger partial charge in [-0.3, -0.25) is 0 Å². The molecule has 0 saturated heterocycles. The van der Waals surface area contributed by atoms with E-state index in [0.717, 1.165) is 22.2 Å². The second-order valence-corrected chi connectivity index (χ2v) is 4.41. The van der Waals surface area contributed by atoms with Crippen LogP contribution in [0, 0.1) is 6.92 Å². The van der Waals surface area contributed by atoms with Gasteiger partial charge in [0, 0.05) is 0 Å². The zero-order chi connectivity index (χ0) is 12.5. The normalized spacial score (nSPS) is 12.8. The summed E-state index contributed by atoms with van der Waals surface area (Å²) in [6, 6.07) is 15.5. The van der Waals surface area contributed by atoms with Gasteiger partial charge in [-0.05, 0) is 30.2 Å². The second-order valence-electron chi connectivity index (χ2n) is 4.41.